The molecule has 3 nitrogen and oxygen atoms in total. The van der Waals surface area contributed by atoms with E-state index in [-0.39, 0.29) is 29.2 Å². The van der Waals surface area contributed by atoms with Crippen molar-refractivity contribution in [3.8, 4) is 0 Å². The van der Waals surface area contributed by atoms with Crippen molar-refractivity contribution in [2.24, 2.45) is 7.05 Å². The number of carbonyl (C=O) groups is 1. The average Bonchev–Trinajstić information content (AvgIpc) is 2.70. The molecule has 1 aromatic carbocycles. The molecule has 2 rings (SSSR count). The molecule has 1 heterocycles. The van der Waals surface area contributed by atoms with Gasteiger partial charge in [0, 0.05) is 24.1 Å². The molecule has 0 aliphatic heterocycles. The van der Waals surface area contributed by atoms with Crippen molar-refractivity contribution in [2.45, 2.75) is 26.2 Å². The third-order valence-corrected chi connectivity index (χ3v) is 4.09. The van der Waals surface area contributed by atoms with Gasteiger partial charge < -0.3 is 0 Å². The van der Waals surface area contributed by atoms with Crippen LogP contribution in [0.2, 0.25) is 10.0 Å². The molecule has 2 aromatic rings. The molecular formula is C15H15Cl2FN2O. The number of ketones is 1. The highest BCUT2D eigenvalue weighted by atomic mass is 35.5. The largest absolute Gasteiger partial charge is 0.299 e. The van der Waals surface area contributed by atoms with E-state index in [1.54, 1.807) is 17.8 Å². The van der Waals surface area contributed by atoms with Crippen LogP contribution in [0.25, 0.3) is 0 Å². The SMILES string of the molecule is CCc1nn(C)c(CC(=O)Cc2c(F)cccc2Cl)c1Cl. The van der Waals surface area contributed by atoms with Crippen molar-refractivity contribution in [1.82, 2.24) is 9.78 Å². The molecule has 0 aliphatic rings. The first kappa shape index (κ1) is 16.0. The van der Waals surface area contributed by atoms with Gasteiger partial charge >= 0.3 is 0 Å². The fourth-order valence-electron chi connectivity index (χ4n) is 2.16. The molecule has 0 radical (unpaired) electrons. The zero-order valence-electron chi connectivity index (χ0n) is 11.8. The van der Waals surface area contributed by atoms with Gasteiger partial charge in [-0.1, -0.05) is 36.2 Å². The van der Waals surface area contributed by atoms with Crippen molar-refractivity contribution in [1.29, 1.82) is 0 Å². The first-order valence-corrected chi connectivity index (χ1v) is 7.34. The summed E-state index contributed by atoms with van der Waals surface area (Å²) in [5.41, 5.74) is 1.62. The van der Waals surface area contributed by atoms with Gasteiger partial charge in [0.2, 0.25) is 0 Å². The van der Waals surface area contributed by atoms with E-state index in [1.165, 1.54) is 12.1 Å². The van der Waals surface area contributed by atoms with Gasteiger partial charge in [0.1, 0.15) is 11.6 Å². The lowest BCUT2D eigenvalue weighted by atomic mass is 10.0. The topological polar surface area (TPSA) is 34.9 Å². The van der Waals surface area contributed by atoms with Crippen molar-refractivity contribution in [3.05, 3.63) is 51.0 Å². The normalized spacial score (nSPS) is 10.9. The van der Waals surface area contributed by atoms with E-state index < -0.39 is 5.82 Å². The first-order valence-electron chi connectivity index (χ1n) is 6.58. The van der Waals surface area contributed by atoms with Crippen LogP contribution in [-0.2, 0) is 31.1 Å². The van der Waals surface area contributed by atoms with Gasteiger partial charge in [-0.3, -0.25) is 9.48 Å². The Labute approximate surface area is 132 Å². The van der Waals surface area contributed by atoms with Gasteiger partial charge in [-0.15, -0.1) is 0 Å². The monoisotopic (exact) mass is 328 g/mol. The summed E-state index contributed by atoms with van der Waals surface area (Å²) in [6.07, 6.45) is 0.738. The Bertz CT molecular complexity index is 662. The molecule has 21 heavy (non-hydrogen) atoms. The number of Topliss-reactive ketones (excluding diaryl/α,β-unsaturated/α-hetero) is 1. The summed E-state index contributed by atoms with van der Waals surface area (Å²) in [5.74, 6) is -0.629. The minimum absolute atomic E-state index is 0.0610. The van der Waals surface area contributed by atoms with Crippen molar-refractivity contribution >= 4 is 29.0 Å². The molecule has 0 bridgehead atoms. The standard InChI is InChI=1S/C15H15Cl2FN2O/c1-3-13-15(17)14(20(2)19-13)8-9(21)7-10-11(16)5-4-6-12(10)18/h4-6H,3,7-8H2,1-2H3. The van der Waals surface area contributed by atoms with Crippen LogP contribution in [0.1, 0.15) is 23.9 Å². The lowest BCUT2D eigenvalue weighted by molar-refractivity contribution is -0.117. The molecule has 0 saturated heterocycles. The highest BCUT2D eigenvalue weighted by Gasteiger charge is 2.18. The first-order chi connectivity index (χ1) is 9.93. The third-order valence-electron chi connectivity index (χ3n) is 3.30. The van der Waals surface area contributed by atoms with Crippen molar-refractivity contribution < 1.29 is 9.18 Å². The molecule has 0 atom stereocenters. The number of hydrogen-bond acceptors (Lipinski definition) is 2. The molecule has 1 aromatic heterocycles. The fraction of sp³-hybridized carbons (Fsp3) is 0.333. The van der Waals surface area contributed by atoms with Crippen LogP contribution in [0.4, 0.5) is 4.39 Å². The average molecular weight is 329 g/mol. The summed E-state index contributed by atoms with van der Waals surface area (Å²) in [7, 11) is 1.74. The lowest BCUT2D eigenvalue weighted by Gasteiger charge is -2.06. The van der Waals surface area contributed by atoms with E-state index in [9.17, 15) is 9.18 Å². The maximum absolute atomic E-state index is 13.7. The number of carbonyl (C=O) groups excluding carboxylic acids is 1. The zero-order chi connectivity index (χ0) is 15.6. The maximum Gasteiger partial charge on any atom is 0.143 e. The number of nitrogens with zero attached hydrogens (tertiary/aromatic N) is 2. The summed E-state index contributed by atoms with van der Waals surface area (Å²) in [6.45, 7) is 1.94. The van der Waals surface area contributed by atoms with Gasteiger partial charge in [0.15, 0.2) is 0 Å². The highest BCUT2D eigenvalue weighted by molar-refractivity contribution is 6.32. The second-order valence-corrected chi connectivity index (χ2v) is 5.56. The Hall–Kier alpha value is -1.39. The lowest BCUT2D eigenvalue weighted by Crippen LogP contribution is -2.11. The highest BCUT2D eigenvalue weighted by Crippen LogP contribution is 2.23. The summed E-state index contributed by atoms with van der Waals surface area (Å²) >= 11 is 12.1. The third kappa shape index (κ3) is 3.44. The number of halogens is 3. The number of aryl methyl sites for hydroxylation is 2. The smallest absolute Gasteiger partial charge is 0.143 e. The Kier molecular flexibility index (Phi) is 5.01. The van der Waals surface area contributed by atoms with Crippen LogP contribution in [-0.4, -0.2) is 15.6 Å². The Balaban J connectivity index is 2.18. The van der Waals surface area contributed by atoms with E-state index in [4.69, 9.17) is 23.2 Å². The van der Waals surface area contributed by atoms with E-state index in [0.717, 1.165) is 5.69 Å². The molecule has 0 N–H and O–H groups in total. The van der Waals surface area contributed by atoms with E-state index in [2.05, 4.69) is 5.10 Å². The molecule has 0 unspecified atom stereocenters. The minimum atomic E-state index is -0.471. The van der Waals surface area contributed by atoms with Gasteiger partial charge in [0.25, 0.3) is 0 Å². The molecular weight excluding hydrogens is 314 g/mol. The zero-order valence-corrected chi connectivity index (χ0v) is 13.3. The van der Waals surface area contributed by atoms with Gasteiger partial charge in [-0.25, -0.2) is 4.39 Å². The minimum Gasteiger partial charge on any atom is -0.299 e. The van der Waals surface area contributed by atoms with Crippen LogP contribution < -0.4 is 0 Å². The molecule has 0 spiro atoms. The van der Waals surface area contributed by atoms with Crippen LogP contribution >= 0.6 is 23.2 Å². The summed E-state index contributed by atoms with van der Waals surface area (Å²) in [4.78, 5) is 12.2. The van der Waals surface area contributed by atoms with Gasteiger partial charge in [-0.05, 0) is 18.6 Å². The van der Waals surface area contributed by atoms with Crippen LogP contribution in [0.5, 0.6) is 0 Å². The molecule has 112 valence electrons. The summed E-state index contributed by atoms with van der Waals surface area (Å²) < 4.78 is 15.3. The molecule has 0 aliphatic carbocycles. The van der Waals surface area contributed by atoms with E-state index >= 15 is 0 Å². The molecule has 6 heteroatoms. The number of hydrogen-bond donors (Lipinski definition) is 0. The Morgan fingerprint density at radius 1 is 1.33 bits per heavy atom. The van der Waals surface area contributed by atoms with Crippen LogP contribution in [0.15, 0.2) is 18.2 Å². The predicted molar refractivity (Wildman–Crippen MR) is 81.4 cm³/mol. The quantitative estimate of drug-likeness (QED) is 0.837. The van der Waals surface area contributed by atoms with Gasteiger partial charge in [0.05, 0.1) is 22.8 Å². The van der Waals surface area contributed by atoms with E-state index in [1.807, 2.05) is 6.92 Å². The molecule has 0 saturated carbocycles. The predicted octanol–water partition coefficient (Wildman–Crippen LogP) is 3.78. The van der Waals surface area contributed by atoms with Crippen LogP contribution in [0.3, 0.4) is 0 Å². The Morgan fingerprint density at radius 2 is 2.05 bits per heavy atom. The van der Waals surface area contributed by atoms with Crippen LogP contribution in [0, 0.1) is 5.82 Å². The summed E-state index contributed by atoms with van der Waals surface area (Å²) in [5, 5.41) is 5.02. The molecule has 0 amide bonds. The summed E-state index contributed by atoms with van der Waals surface area (Å²) in [6, 6.07) is 4.37. The molecule has 0 fully saturated rings. The number of rotatable bonds is 5. The number of aromatic nitrogens is 2. The van der Waals surface area contributed by atoms with Gasteiger partial charge in [-0.2, -0.15) is 5.10 Å². The fourth-order valence-corrected chi connectivity index (χ4v) is 2.75. The maximum atomic E-state index is 13.7. The van der Waals surface area contributed by atoms with Crippen molar-refractivity contribution in [3.63, 3.8) is 0 Å². The Morgan fingerprint density at radius 3 is 2.62 bits per heavy atom. The van der Waals surface area contributed by atoms with Crippen molar-refractivity contribution in [2.75, 3.05) is 0 Å². The second kappa shape index (κ2) is 6.58. The second-order valence-electron chi connectivity index (χ2n) is 4.78. The number of benzene rings is 1. The van der Waals surface area contributed by atoms with E-state index in [0.29, 0.717) is 17.1 Å².